The van der Waals surface area contributed by atoms with Gasteiger partial charge in [0.2, 0.25) is 5.95 Å². The van der Waals surface area contributed by atoms with Crippen molar-refractivity contribution in [2.75, 3.05) is 11.9 Å². The Labute approximate surface area is 104 Å². The summed E-state index contributed by atoms with van der Waals surface area (Å²) in [5.74, 6) is 0.283. The van der Waals surface area contributed by atoms with Crippen LogP contribution in [0.1, 0.15) is 5.56 Å². The van der Waals surface area contributed by atoms with Gasteiger partial charge in [-0.05, 0) is 6.07 Å². The molecule has 88 valence electrons. The lowest BCUT2D eigenvalue weighted by Gasteiger charge is -2.17. The summed E-state index contributed by atoms with van der Waals surface area (Å²) in [5, 5.41) is 0.480. The monoisotopic (exact) mass is 251 g/mol. The lowest BCUT2D eigenvalue weighted by atomic mass is 10.2. The highest BCUT2D eigenvalue weighted by Gasteiger charge is 2.07. The molecule has 1 aromatic carbocycles. The molecule has 0 saturated heterocycles. The second-order valence-electron chi connectivity index (χ2n) is 3.65. The molecule has 17 heavy (non-hydrogen) atoms. The van der Waals surface area contributed by atoms with E-state index in [9.17, 15) is 4.39 Å². The predicted molar refractivity (Wildman–Crippen MR) is 65.5 cm³/mol. The van der Waals surface area contributed by atoms with Crippen LogP contribution in [0.4, 0.5) is 10.3 Å². The zero-order chi connectivity index (χ0) is 12.3. The van der Waals surface area contributed by atoms with Gasteiger partial charge in [-0.2, -0.15) is 0 Å². The Kier molecular flexibility index (Phi) is 3.54. The molecule has 0 N–H and O–H groups in total. The third-order valence-corrected chi connectivity index (χ3v) is 2.51. The third kappa shape index (κ3) is 2.91. The Bertz CT molecular complexity index is 501. The fraction of sp³-hybridized carbons (Fsp3) is 0.167. The first-order valence-electron chi connectivity index (χ1n) is 5.09. The number of hydrogen-bond acceptors (Lipinski definition) is 3. The molecule has 5 heteroatoms. The van der Waals surface area contributed by atoms with E-state index in [1.54, 1.807) is 30.1 Å². The summed E-state index contributed by atoms with van der Waals surface area (Å²) < 4.78 is 13.4. The Morgan fingerprint density at radius 1 is 1.24 bits per heavy atom. The van der Waals surface area contributed by atoms with Gasteiger partial charge in [-0.15, -0.1) is 0 Å². The van der Waals surface area contributed by atoms with E-state index in [-0.39, 0.29) is 5.82 Å². The van der Waals surface area contributed by atoms with Crippen molar-refractivity contribution in [3.8, 4) is 0 Å². The first kappa shape index (κ1) is 11.8. The van der Waals surface area contributed by atoms with Crippen LogP contribution >= 0.6 is 11.6 Å². The van der Waals surface area contributed by atoms with Crippen molar-refractivity contribution in [2.24, 2.45) is 0 Å². The summed E-state index contributed by atoms with van der Waals surface area (Å²) in [5.41, 5.74) is 0.605. The van der Waals surface area contributed by atoms with Crippen molar-refractivity contribution in [3.05, 3.63) is 53.1 Å². The molecule has 0 fully saturated rings. The second-order valence-corrected chi connectivity index (χ2v) is 4.09. The molecule has 2 aromatic rings. The van der Waals surface area contributed by atoms with Crippen molar-refractivity contribution in [3.63, 3.8) is 0 Å². The fourth-order valence-electron chi connectivity index (χ4n) is 1.46. The van der Waals surface area contributed by atoms with Crippen LogP contribution in [-0.2, 0) is 6.54 Å². The van der Waals surface area contributed by atoms with E-state index in [4.69, 9.17) is 11.6 Å². The Balaban J connectivity index is 2.14. The molecule has 0 radical (unpaired) electrons. The van der Waals surface area contributed by atoms with E-state index < -0.39 is 0 Å². The zero-order valence-corrected chi connectivity index (χ0v) is 10.0. The summed E-state index contributed by atoms with van der Waals surface area (Å²) in [7, 11) is 1.80. The molecule has 0 amide bonds. The summed E-state index contributed by atoms with van der Waals surface area (Å²) in [4.78, 5) is 9.89. The Hall–Kier alpha value is -1.68. The van der Waals surface area contributed by atoms with Gasteiger partial charge in [0.15, 0.2) is 0 Å². The Morgan fingerprint density at radius 3 is 2.53 bits per heavy atom. The van der Waals surface area contributed by atoms with Gasteiger partial charge in [-0.25, -0.2) is 14.4 Å². The van der Waals surface area contributed by atoms with E-state index >= 15 is 0 Å². The number of hydrogen-bond donors (Lipinski definition) is 0. The number of rotatable bonds is 3. The molecule has 1 aromatic heterocycles. The minimum absolute atomic E-state index is 0.228. The van der Waals surface area contributed by atoms with Gasteiger partial charge >= 0.3 is 0 Å². The van der Waals surface area contributed by atoms with Crippen LogP contribution in [0.3, 0.4) is 0 Å². The highest BCUT2D eigenvalue weighted by Crippen LogP contribution is 2.14. The highest BCUT2D eigenvalue weighted by molar-refractivity contribution is 6.30. The van der Waals surface area contributed by atoms with Gasteiger partial charge in [-0.3, -0.25) is 0 Å². The van der Waals surface area contributed by atoms with Gasteiger partial charge in [-0.1, -0.05) is 29.8 Å². The first-order chi connectivity index (χ1) is 8.16. The molecule has 0 bridgehead atoms. The van der Waals surface area contributed by atoms with Gasteiger partial charge < -0.3 is 4.90 Å². The number of nitrogens with zero attached hydrogens (tertiary/aromatic N) is 3. The van der Waals surface area contributed by atoms with Crippen molar-refractivity contribution in [2.45, 2.75) is 6.54 Å². The van der Waals surface area contributed by atoms with Crippen molar-refractivity contribution in [1.29, 1.82) is 0 Å². The van der Waals surface area contributed by atoms with Gasteiger partial charge in [0.1, 0.15) is 5.82 Å². The number of anilines is 1. The first-order valence-corrected chi connectivity index (χ1v) is 5.46. The van der Waals surface area contributed by atoms with E-state index in [1.165, 1.54) is 18.5 Å². The molecule has 0 spiro atoms. The second kappa shape index (κ2) is 5.10. The maximum absolute atomic E-state index is 13.4. The van der Waals surface area contributed by atoms with Gasteiger partial charge in [0.05, 0.1) is 17.4 Å². The topological polar surface area (TPSA) is 29.0 Å². The molecule has 0 aliphatic heterocycles. The fourth-order valence-corrected chi connectivity index (χ4v) is 1.55. The molecule has 0 aliphatic rings. The van der Waals surface area contributed by atoms with Crippen LogP contribution in [0.5, 0.6) is 0 Å². The summed E-state index contributed by atoms with van der Waals surface area (Å²) in [6.07, 6.45) is 3.03. The minimum atomic E-state index is -0.228. The number of benzene rings is 1. The molecule has 0 atom stereocenters. The normalized spacial score (nSPS) is 10.3. The van der Waals surface area contributed by atoms with Crippen LogP contribution < -0.4 is 4.90 Å². The van der Waals surface area contributed by atoms with Crippen LogP contribution in [0, 0.1) is 5.82 Å². The van der Waals surface area contributed by atoms with E-state index in [0.717, 1.165) is 0 Å². The summed E-state index contributed by atoms with van der Waals surface area (Å²) in [6, 6.07) is 6.64. The maximum atomic E-state index is 13.4. The molecule has 2 rings (SSSR count). The van der Waals surface area contributed by atoms with E-state index in [2.05, 4.69) is 9.97 Å². The standard InChI is InChI=1S/C12H11ClFN3/c1-17(12-15-6-10(13)7-16-12)8-9-4-2-3-5-11(9)14/h2-7H,8H2,1H3. The Morgan fingerprint density at radius 2 is 1.88 bits per heavy atom. The van der Waals surface area contributed by atoms with Crippen LogP contribution in [-0.4, -0.2) is 17.0 Å². The lowest BCUT2D eigenvalue weighted by Crippen LogP contribution is -2.19. The van der Waals surface area contributed by atoms with Gasteiger partial charge in [0, 0.05) is 19.2 Å². The van der Waals surface area contributed by atoms with Crippen LogP contribution in [0.2, 0.25) is 5.02 Å². The third-order valence-electron chi connectivity index (χ3n) is 2.31. The van der Waals surface area contributed by atoms with E-state index in [0.29, 0.717) is 23.1 Å². The molecule has 1 heterocycles. The summed E-state index contributed by atoms with van der Waals surface area (Å²) >= 11 is 5.70. The number of aromatic nitrogens is 2. The SMILES string of the molecule is CN(Cc1ccccc1F)c1ncc(Cl)cn1. The molecule has 3 nitrogen and oxygen atoms in total. The van der Waals surface area contributed by atoms with Crippen LogP contribution in [0.25, 0.3) is 0 Å². The minimum Gasteiger partial charge on any atom is -0.339 e. The van der Waals surface area contributed by atoms with Crippen molar-refractivity contribution in [1.82, 2.24) is 9.97 Å². The quantitative estimate of drug-likeness (QED) is 0.840. The largest absolute Gasteiger partial charge is 0.339 e. The molecular formula is C12H11ClFN3. The molecule has 0 unspecified atom stereocenters. The van der Waals surface area contributed by atoms with Gasteiger partial charge in [0.25, 0.3) is 0 Å². The number of halogens is 2. The average Bonchev–Trinajstić information content (AvgIpc) is 2.33. The van der Waals surface area contributed by atoms with Crippen molar-refractivity contribution >= 4 is 17.5 Å². The zero-order valence-electron chi connectivity index (χ0n) is 9.27. The highest BCUT2D eigenvalue weighted by atomic mass is 35.5. The lowest BCUT2D eigenvalue weighted by molar-refractivity contribution is 0.607. The smallest absolute Gasteiger partial charge is 0.225 e. The maximum Gasteiger partial charge on any atom is 0.225 e. The predicted octanol–water partition coefficient (Wildman–Crippen LogP) is 2.91. The van der Waals surface area contributed by atoms with Crippen molar-refractivity contribution < 1.29 is 4.39 Å². The summed E-state index contributed by atoms with van der Waals surface area (Å²) in [6.45, 7) is 0.411. The molecule has 0 aliphatic carbocycles. The molecule has 0 saturated carbocycles. The molecular weight excluding hydrogens is 241 g/mol. The van der Waals surface area contributed by atoms with E-state index in [1.807, 2.05) is 0 Å². The van der Waals surface area contributed by atoms with Crippen LogP contribution in [0.15, 0.2) is 36.7 Å². The average molecular weight is 252 g/mol.